The first-order valence-electron chi connectivity index (χ1n) is 12.0. The molecule has 4 aromatic rings. The van der Waals surface area contributed by atoms with Gasteiger partial charge < -0.3 is 14.6 Å². The third-order valence-electron chi connectivity index (χ3n) is 7.64. The molecule has 0 radical (unpaired) electrons. The summed E-state index contributed by atoms with van der Waals surface area (Å²) in [4.78, 5) is 34.5. The third kappa shape index (κ3) is 2.89. The van der Waals surface area contributed by atoms with Gasteiger partial charge in [-0.3, -0.25) is 4.79 Å². The first-order chi connectivity index (χ1) is 17.0. The second kappa shape index (κ2) is 7.73. The summed E-state index contributed by atoms with van der Waals surface area (Å²) in [5.41, 5.74) is 4.55. The van der Waals surface area contributed by atoms with E-state index >= 15 is 0 Å². The fourth-order valence-electron chi connectivity index (χ4n) is 5.70. The van der Waals surface area contributed by atoms with E-state index in [-0.39, 0.29) is 17.9 Å². The van der Waals surface area contributed by atoms with Gasteiger partial charge in [0.15, 0.2) is 5.54 Å². The molecule has 176 valence electrons. The number of para-hydroxylation sites is 3. The second-order valence-corrected chi connectivity index (χ2v) is 9.38. The quantitative estimate of drug-likeness (QED) is 0.401. The van der Waals surface area contributed by atoms with Gasteiger partial charge in [0.25, 0.3) is 5.91 Å². The highest BCUT2D eigenvalue weighted by Crippen LogP contribution is 2.51. The normalized spacial score (nSPS) is 21.4. The van der Waals surface area contributed by atoms with E-state index in [1.807, 2.05) is 37.3 Å². The van der Waals surface area contributed by atoms with Crippen LogP contribution in [0.15, 0.2) is 72.8 Å². The maximum atomic E-state index is 14.1. The molecule has 2 aliphatic heterocycles. The number of rotatable bonds is 4. The van der Waals surface area contributed by atoms with Crippen molar-refractivity contribution in [2.24, 2.45) is 0 Å². The minimum atomic E-state index is -1.15. The van der Waals surface area contributed by atoms with Crippen LogP contribution in [0.2, 0.25) is 0 Å². The van der Waals surface area contributed by atoms with Crippen molar-refractivity contribution in [1.82, 2.24) is 9.88 Å². The molecule has 0 spiro atoms. The van der Waals surface area contributed by atoms with Crippen LogP contribution in [-0.2, 0) is 16.8 Å². The van der Waals surface area contributed by atoms with E-state index < -0.39 is 5.54 Å². The van der Waals surface area contributed by atoms with E-state index in [2.05, 4.69) is 42.2 Å². The van der Waals surface area contributed by atoms with Crippen molar-refractivity contribution in [2.45, 2.75) is 31.7 Å². The molecule has 0 saturated carbocycles. The third-order valence-corrected chi connectivity index (χ3v) is 7.64. The van der Waals surface area contributed by atoms with E-state index in [1.165, 1.54) is 10.5 Å². The van der Waals surface area contributed by atoms with Gasteiger partial charge in [-0.05, 0) is 48.2 Å². The zero-order valence-corrected chi connectivity index (χ0v) is 20.0. The molecule has 6 nitrogen and oxygen atoms in total. The van der Waals surface area contributed by atoms with E-state index in [0.29, 0.717) is 18.0 Å². The van der Waals surface area contributed by atoms with Gasteiger partial charge >= 0.3 is 6.03 Å². The number of aromatic nitrogens is 1. The average Bonchev–Trinajstić information content (AvgIpc) is 3.38. The van der Waals surface area contributed by atoms with Crippen molar-refractivity contribution in [1.29, 1.82) is 0 Å². The molecule has 1 saturated heterocycles. The predicted molar refractivity (Wildman–Crippen MR) is 136 cm³/mol. The summed E-state index contributed by atoms with van der Waals surface area (Å²) in [6.45, 7) is 4.40. The molecule has 6 rings (SSSR count). The summed E-state index contributed by atoms with van der Waals surface area (Å²) in [6, 6.07) is 23.5. The number of amides is 3. The van der Waals surface area contributed by atoms with Gasteiger partial charge in [-0.2, -0.15) is 0 Å². The molecular weight excluding hydrogens is 438 g/mol. The summed E-state index contributed by atoms with van der Waals surface area (Å²) in [6.07, 6.45) is 0.967. The number of urea groups is 1. The Morgan fingerprint density at radius 2 is 1.71 bits per heavy atom. The molecule has 0 aliphatic carbocycles. The molecule has 35 heavy (non-hydrogen) atoms. The summed E-state index contributed by atoms with van der Waals surface area (Å²) < 4.78 is 5.50. The molecule has 2 atom stereocenters. The molecule has 3 aromatic carbocycles. The van der Waals surface area contributed by atoms with Gasteiger partial charge in [-0.15, -0.1) is 0 Å². The van der Waals surface area contributed by atoms with Crippen molar-refractivity contribution >= 4 is 28.5 Å². The number of carbonyl (C=O) groups is 2. The minimum Gasteiger partial charge on any atom is -0.495 e. The van der Waals surface area contributed by atoms with E-state index in [4.69, 9.17) is 4.74 Å². The number of aryl methyl sites for hydroxylation is 1. The molecule has 1 N–H and O–H groups in total. The molecule has 3 heterocycles. The highest BCUT2D eigenvalue weighted by Gasteiger charge is 2.61. The Morgan fingerprint density at radius 1 is 1.00 bits per heavy atom. The smallest absolute Gasteiger partial charge is 0.332 e. The lowest BCUT2D eigenvalue weighted by Crippen LogP contribution is -2.50. The zero-order chi connectivity index (χ0) is 24.3. The molecular formula is C29H27N3O3. The molecule has 6 heteroatoms. The molecule has 2 aliphatic rings. The van der Waals surface area contributed by atoms with Gasteiger partial charge in [0.05, 0.1) is 18.5 Å². The zero-order valence-electron chi connectivity index (χ0n) is 20.0. The Bertz CT molecular complexity index is 1470. The Labute approximate surface area is 204 Å². The van der Waals surface area contributed by atoms with Crippen LogP contribution in [0.25, 0.3) is 10.9 Å². The number of hydrogen-bond acceptors (Lipinski definition) is 3. The summed E-state index contributed by atoms with van der Waals surface area (Å²) in [5.74, 6) is 0.148. The molecule has 1 unspecified atom stereocenters. The van der Waals surface area contributed by atoms with Gasteiger partial charge in [0, 0.05) is 23.4 Å². The highest BCUT2D eigenvalue weighted by molar-refractivity contribution is 6.24. The van der Waals surface area contributed by atoms with E-state index in [1.54, 1.807) is 24.1 Å². The van der Waals surface area contributed by atoms with Crippen LogP contribution in [-0.4, -0.2) is 35.5 Å². The van der Waals surface area contributed by atoms with Crippen molar-refractivity contribution in [3.8, 4) is 5.75 Å². The predicted octanol–water partition coefficient (Wildman–Crippen LogP) is 5.57. The van der Waals surface area contributed by atoms with E-state index in [9.17, 15) is 9.59 Å². The van der Waals surface area contributed by atoms with Crippen molar-refractivity contribution in [3.63, 3.8) is 0 Å². The van der Waals surface area contributed by atoms with Crippen molar-refractivity contribution in [2.75, 3.05) is 18.6 Å². The summed E-state index contributed by atoms with van der Waals surface area (Å²) in [5, 5.41) is 1.09. The Balaban J connectivity index is 1.57. The van der Waals surface area contributed by atoms with Crippen LogP contribution in [0.4, 0.5) is 10.5 Å². The van der Waals surface area contributed by atoms with Crippen LogP contribution in [0, 0.1) is 0 Å². The number of nitrogens with one attached hydrogen (secondary N) is 1. The summed E-state index contributed by atoms with van der Waals surface area (Å²) >= 11 is 0. The largest absolute Gasteiger partial charge is 0.495 e. The number of aromatic amines is 1. The number of benzene rings is 3. The Kier molecular flexibility index (Phi) is 4.74. The molecule has 0 bridgehead atoms. The fraction of sp³-hybridized carbons (Fsp3) is 0.241. The topological polar surface area (TPSA) is 65.6 Å². The Morgan fingerprint density at radius 3 is 2.46 bits per heavy atom. The molecule has 3 amide bonds. The second-order valence-electron chi connectivity index (χ2n) is 9.38. The van der Waals surface area contributed by atoms with Crippen LogP contribution < -0.4 is 9.64 Å². The summed E-state index contributed by atoms with van der Waals surface area (Å²) in [7, 11) is 1.55. The number of carbonyl (C=O) groups excluding carboxylic acids is 2. The van der Waals surface area contributed by atoms with E-state index in [0.717, 1.165) is 34.1 Å². The SMILES string of the molecule is CCc1ccc(C2CN3C(=O)N(c4ccccc4OC)C(=O)[C@]3(C)c3[nH]c4ccccc4c32)cc1. The lowest BCUT2D eigenvalue weighted by Gasteiger charge is -2.40. The van der Waals surface area contributed by atoms with Crippen molar-refractivity contribution in [3.05, 3.63) is 95.2 Å². The first kappa shape index (κ1) is 21.5. The number of nitrogens with zero attached hydrogens (tertiary/aromatic N) is 2. The number of methoxy groups -OCH3 is 1. The number of fused-ring (bicyclic) bond motifs is 5. The number of H-pyrrole nitrogens is 1. The van der Waals surface area contributed by atoms with Gasteiger partial charge in [0.2, 0.25) is 0 Å². The monoisotopic (exact) mass is 465 g/mol. The maximum absolute atomic E-state index is 14.1. The lowest BCUT2D eigenvalue weighted by atomic mass is 9.78. The van der Waals surface area contributed by atoms with Crippen LogP contribution in [0.5, 0.6) is 5.75 Å². The first-order valence-corrected chi connectivity index (χ1v) is 12.0. The highest BCUT2D eigenvalue weighted by atomic mass is 16.5. The molecule has 1 fully saturated rings. The molecule has 1 aromatic heterocycles. The Hall–Kier alpha value is -4.06. The number of anilines is 1. The standard InChI is InChI=1S/C29H27N3O3/c1-4-18-13-15-19(16-14-18)21-17-31-28(34)32(23-11-7-8-12-24(23)35-3)27(33)29(31,2)26-25(21)20-9-5-6-10-22(20)30-26/h5-16,21,30H,4,17H2,1-3H3/t21?,29-/m0/s1. The lowest BCUT2D eigenvalue weighted by molar-refractivity contribution is -0.125. The number of hydrogen-bond donors (Lipinski definition) is 1. The van der Waals surface area contributed by atoms with Crippen LogP contribution in [0.1, 0.15) is 42.1 Å². The van der Waals surface area contributed by atoms with Gasteiger partial charge in [-0.25, -0.2) is 9.69 Å². The average molecular weight is 466 g/mol. The van der Waals surface area contributed by atoms with Crippen LogP contribution in [0.3, 0.4) is 0 Å². The number of imide groups is 1. The minimum absolute atomic E-state index is 0.0606. The van der Waals surface area contributed by atoms with Gasteiger partial charge in [0.1, 0.15) is 5.75 Å². The maximum Gasteiger partial charge on any atom is 0.332 e. The number of ether oxygens (including phenoxy) is 1. The van der Waals surface area contributed by atoms with Crippen LogP contribution >= 0.6 is 0 Å². The fourth-order valence-corrected chi connectivity index (χ4v) is 5.70. The van der Waals surface area contributed by atoms with Gasteiger partial charge in [-0.1, -0.05) is 61.5 Å². The van der Waals surface area contributed by atoms with Crippen molar-refractivity contribution < 1.29 is 14.3 Å².